The molecular weight excluding hydrogens is 789 g/mol. The summed E-state index contributed by atoms with van der Waals surface area (Å²) in [7, 11) is 0. The summed E-state index contributed by atoms with van der Waals surface area (Å²) >= 11 is 0. The Morgan fingerprint density at radius 1 is 0.297 bits per heavy atom. The van der Waals surface area contributed by atoms with Crippen molar-refractivity contribution in [2.75, 3.05) is 13.2 Å². The van der Waals surface area contributed by atoms with Gasteiger partial charge in [-0.1, -0.05) is 322 Å². The van der Waals surface area contributed by atoms with E-state index in [-0.39, 0.29) is 25.2 Å². The summed E-state index contributed by atoms with van der Waals surface area (Å²) < 4.78 is 10.7. The Morgan fingerprint density at radius 3 is 0.688 bits per heavy atom. The first-order valence-corrected chi connectivity index (χ1v) is 29.6. The molecule has 5 nitrogen and oxygen atoms in total. The van der Waals surface area contributed by atoms with Crippen molar-refractivity contribution in [2.45, 2.75) is 354 Å². The van der Waals surface area contributed by atoms with Gasteiger partial charge in [0.1, 0.15) is 6.61 Å². The molecule has 0 fully saturated rings. The smallest absolute Gasteiger partial charge is 0.306 e. The molecule has 382 valence electrons. The largest absolute Gasteiger partial charge is 0.462 e. The number of carbonyl (C=O) groups excluding carboxylic acids is 2. The third-order valence-electron chi connectivity index (χ3n) is 13.9. The summed E-state index contributed by atoms with van der Waals surface area (Å²) in [6.45, 7) is 4.21. The second-order valence-corrected chi connectivity index (χ2v) is 20.4. The molecule has 0 aromatic heterocycles. The monoisotopic (exact) mass is 905 g/mol. The van der Waals surface area contributed by atoms with E-state index in [0.29, 0.717) is 12.8 Å². The molecule has 1 atom stereocenters. The fourth-order valence-electron chi connectivity index (χ4n) is 9.44. The first kappa shape index (κ1) is 62.9. The third kappa shape index (κ3) is 53.5. The van der Waals surface area contributed by atoms with E-state index in [9.17, 15) is 14.7 Å². The number of hydrogen-bond donors (Lipinski definition) is 1. The molecule has 0 bridgehead atoms. The highest BCUT2D eigenvalue weighted by atomic mass is 16.6. The minimum atomic E-state index is -0.764. The maximum atomic E-state index is 12.3. The molecular formula is C59H116O5. The lowest BCUT2D eigenvalue weighted by Gasteiger charge is -2.15. The Labute approximate surface area is 401 Å². The Hall–Kier alpha value is -1.10. The zero-order valence-electron chi connectivity index (χ0n) is 43.8. The standard InChI is InChI=1S/C59H116O5/c1-3-5-7-9-11-13-15-17-19-21-23-25-27-28-29-30-32-34-36-38-40-42-44-46-48-50-52-54-59(62)64-57(55-60)56-63-58(61)53-51-49-47-45-43-41-39-37-35-33-31-26-24-22-20-18-16-14-12-10-8-6-4-2/h57,60H,3-56H2,1-2H3. The van der Waals surface area contributed by atoms with Gasteiger partial charge < -0.3 is 14.6 Å². The van der Waals surface area contributed by atoms with Crippen molar-refractivity contribution in [2.24, 2.45) is 0 Å². The van der Waals surface area contributed by atoms with Gasteiger partial charge in [0.25, 0.3) is 0 Å². The van der Waals surface area contributed by atoms with Crippen LogP contribution >= 0.6 is 0 Å². The maximum absolute atomic E-state index is 12.3. The molecule has 0 heterocycles. The van der Waals surface area contributed by atoms with Crippen LogP contribution in [0.4, 0.5) is 0 Å². The van der Waals surface area contributed by atoms with Gasteiger partial charge in [0.2, 0.25) is 0 Å². The van der Waals surface area contributed by atoms with E-state index in [1.54, 1.807) is 0 Å². The van der Waals surface area contributed by atoms with E-state index in [0.717, 1.165) is 32.1 Å². The quantitative estimate of drug-likeness (QED) is 0.0486. The summed E-state index contributed by atoms with van der Waals surface area (Å²) in [6.07, 6.45) is 68.1. The lowest BCUT2D eigenvalue weighted by molar-refractivity contribution is -0.161. The van der Waals surface area contributed by atoms with Crippen molar-refractivity contribution in [3.05, 3.63) is 0 Å². The maximum Gasteiger partial charge on any atom is 0.306 e. The van der Waals surface area contributed by atoms with Crippen LogP contribution in [0.5, 0.6) is 0 Å². The van der Waals surface area contributed by atoms with Crippen molar-refractivity contribution in [3.8, 4) is 0 Å². The van der Waals surface area contributed by atoms with E-state index in [4.69, 9.17) is 9.47 Å². The number of carbonyl (C=O) groups is 2. The number of esters is 2. The molecule has 0 aliphatic heterocycles. The fourth-order valence-corrected chi connectivity index (χ4v) is 9.44. The van der Waals surface area contributed by atoms with Crippen LogP contribution in [-0.2, 0) is 19.1 Å². The van der Waals surface area contributed by atoms with Gasteiger partial charge in [-0.05, 0) is 12.8 Å². The molecule has 1 N–H and O–H groups in total. The molecule has 0 aromatic rings. The SMILES string of the molecule is CCCCCCCCCCCCCCCCCCCCCCCCCCCCCC(=O)OC(CO)COC(=O)CCCCCCCCCCCCCCCCCCCCCCCCC. The molecule has 64 heavy (non-hydrogen) atoms. The van der Waals surface area contributed by atoms with Gasteiger partial charge in [-0.2, -0.15) is 0 Å². The molecule has 0 amide bonds. The van der Waals surface area contributed by atoms with Gasteiger partial charge >= 0.3 is 11.9 Å². The van der Waals surface area contributed by atoms with Crippen molar-refractivity contribution >= 4 is 11.9 Å². The normalized spacial score (nSPS) is 12.0. The lowest BCUT2D eigenvalue weighted by Crippen LogP contribution is -2.28. The lowest BCUT2D eigenvalue weighted by atomic mass is 10.0. The molecule has 0 aliphatic rings. The van der Waals surface area contributed by atoms with Gasteiger partial charge in [0.15, 0.2) is 6.10 Å². The zero-order valence-corrected chi connectivity index (χ0v) is 43.8. The molecule has 0 radical (unpaired) electrons. The molecule has 5 heteroatoms. The Bertz CT molecular complexity index is 891. The topological polar surface area (TPSA) is 72.8 Å². The van der Waals surface area contributed by atoms with Crippen LogP contribution in [-0.4, -0.2) is 36.4 Å². The Kier molecular flexibility index (Phi) is 55.3. The van der Waals surface area contributed by atoms with Gasteiger partial charge in [0.05, 0.1) is 6.61 Å². The predicted molar refractivity (Wildman–Crippen MR) is 279 cm³/mol. The second-order valence-electron chi connectivity index (χ2n) is 20.4. The van der Waals surface area contributed by atoms with Crippen LogP contribution in [0.3, 0.4) is 0 Å². The van der Waals surface area contributed by atoms with Crippen LogP contribution in [0.25, 0.3) is 0 Å². The summed E-state index contributed by atoms with van der Waals surface area (Å²) in [5.74, 6) is -0.562. The van der Waals surface area contributed by atoms with Gasteiger partial charge in [-0.25, -0.2) is 0 Å². The zero-order chi connectivity index (χ0) is 46.3. The summed E-state index contributed by atoms with van der Waals surface area (Å²) in [5.41, 5.74) is 0. The van der Waals surface area contributed by atoms with Crippen LogP contribution in [0.1, 0.15) is 348 Å². The average Bonchev–Trinajstić information content (AvgIpc) is 3.30. The Morgan fingerprint density at radius 2 is 0.484 bits per heavy atom. The molecule has 0 spiro atoms. The highest BCUT2D eigenvalue weighted by molar-refractivity contribution is 5.70. The second kappa shape index (κ2) is 56.2. The van der Waals surface area contributed by atoms with E-state index in [2.05, 4.69) is 13.8 Å². The van der Waals surface area contributed by atoms with Gasteiger partial charge in [-0.15, -0.1) is 0 Å². The number of rotatable bonds is 56. The molecule has 0 saturated carbocycles. The van der Waals surface area contributed by atoms with Crippen molar-refractivity contribution < 1.29 is 24.2 Å². The molecule has 0 aliphatic carbocycles. The minimum Gasteiger partial charge on any atom is -0.462 e. The fraction of sp³-hybridized carbons (Fsp3) is 0.966. The summed E-state index contributed by atoms with van der Waals surface area (Å²) in [5, 5.41) is 9.66. The number of unbranched alkanes of at least 4 members (excludes halogenated alkanes) is 48. The van der Waals surface area contributed by atoms with Crippen molar-refractivity contribution in [3.63, 3.8) is 0 Å². The number of hydrogen-bond acceptors (Lipinski definition) is 5. The minimum absolute atomic E-state index is 0.0556. The highest BCUT2D eigenvalue weighted by Gasteiger charge is 2.16. The number of aliphatic hydroxyl groups is 1. The van der Waals surface area contributed by atoms with Gasteiger partial charge in [0, 0.05) is 12.8 Å². The van der Waals surface area contributed by atoms with Crippen LogP contribution in [0.2, 0.25) is 0 Å². The Balaban J connectivity index is 3.38. The molecule has 0 aromatic carbocycles. The third-order valence-corrected chi connectivity index (χ3v) is 13.9. The van der Waals surface area contributed by atoms with E-state index in [1.807, 2.05) is 0 Å². The van der Waals surface area contributed by atoms with Crippen LogP contribution in [0, 0.1) is 0 Å². The van der Waals surface area contributed by atoms with Crippen LogP contribution < -0.4 is 0 Å². The van der Waals surface area contributed by atoms with Crippen molar-refractivity contribution in [1.82, 2.24) is 0 Å². The summed E-state index contributed by atoms with van der Waals surface area (Å²) in [4.78, 5) is 24.5. The number of aliphatic hydroxyl groups excluding tert-OH is 1. The van der Waals surface area contributed by atoms with Gasteiger partial charge in [-0.3, -0.25) is 9.59 Å². The molecule has 0 saturated heterocycles. The van der Waals surface area contributed by atoms with E-state index in [1.165, 1.54) is 289 Å². The predicted octanol–water partition coefficient (Wildman–Crippen LogP) is 19.8. The first-order valence-electron chi connectivity index (χ1n) is 29.6. The van der Waals surface area contributed by atoms with E-state index < -0.39 is 6.10 Å². The average molecular weight is 906 g/mol. The number of ether oxygens (including phenoxy) is 2. The van der Waals surface area contributed by atoms with Crippen LogP contribution in [0.15, 0.2) is 0 Å². The van der Waals surface area contributed by atoms with Crippen molar-refractivity contribution in [1.29, 1.82) is 0 Å². The molecule has 0 rings (SSSR count). The first-order chi connectivity index (χ1) is 31.6. The van der Waals surface area contributed by atoms with E-state index >= 15 is 0 Å². The highest BCUT2D eigenvalue weighted by Crippen LogP contribution is 2.19. The molecule has 1 unspecified atom stereocenters. The summed E-state index contributed by atoms with van der Waals surface area (Å²) in [6, 6.07) is 0.